The number of benzene rings is 1. The fourth-order valence-electron chi connectivity index (χ4n) is 3.01. The first kappa shape index (κ1) is 22.2. The number of nitro groups is 1. The molecule has 0 aliphatic carbocycles. The van der Waals surface area contributed by atoms with Crippen molar-refractivity contribution in [2.75, 3.05) is 13.1 Å². The number of carbonyl (C=O) groups is 3. The zero-order valence-electron chi connectivity index (χ0n) is 16.6. The Morgan fingerprint density at radius 1 is 1.29 bits per heavy atom. The number of imide groups is 1. The molecule has 0 unspecified atom stereocenters. The van der Waals surface area contributed by atoms with Gasteiger partial charge in [-0.25, -0.2) is 4.39 Å². The summed E-state index contributed by atoms with van der Waals surface area (Å²) in [6.07, 6.45) is 1.50. The molecule has 1 saturated heterocycles. The largest absolute Gasteiger partial charge is 0.353 e. The summed E-state index contributed by atoms with van der Waals surface area (Å²) in [5.41, 5.74) is 0.910. The van der Waals surface area contributed by atoms with Crippen LogP contribution in [0.15, 0.2) is 29.2 Å². The van der Waals surface area contributed by atoms with Crippen molar-refractivity contribution in [3.63, 3.8) is 0 Å². The second-order valence-corrected chi connectivity index (χ2v) is 7.66. The van der Waals surface area contributed by atoms with Crippen molar-refractivity contribution in [2.24, 2.45) is 0 Å². The standard InChI is InChI=1S/C19H18FN5O5S/c1-11-17(25(29)30)12(2)24(22-11)10-16(26)21-7-8-23-18(27)15(31-19(23)28)9-13-3-5-14(20)6-4-13/h3-6,9H,7-8,10H2,1-2H3,(H,21,26). The Hall–Kier alpha value is -3.54. The molecule has 2 heterocycles. The number of hydrogen-bond acceptors (Lipinski definition) is 7. The van der Waals surface area contributed by atoms with Gasteiger partial charge in [-0.05, 0) is 49.4 Å². The van der Waals surface area contributed by atoms with Crippen LogP contribution in [-0.2, 0) is 16.1 Å². The summed E-state index contributed by atoms with van der Waals surface area (Å²) in [4.78, 5) is 48.4. The molecule has 2 aromatic rings. The van der Waals surface area contributed by atoms with E-state index in [1.165, 1.54) is 48.9 Å². The van der Waals surface area contributed by atoms with Gasteiger partial charge in [0.05, 0.1) is 9.83 Å². The Kier molecular flexibility index (Phi) is 6.49. The molecule has 3 rings (SSSR count). The molecule has 0 radical (unpaired) electrons. The van der Waals surface area contributed by atoms with Gasteiger partial charge < -0.3 is 5.32 Å². The number of thioether (sulfide) groups is 1. The van der Waals surface area contributed by atoms with E-state index in [1.807, 2.05) is 0 Å². The minimum atomic E-state index is -0.550. The van der Waals surface area contributed by atoms with E-state index in [4.69, 9.17) is 0 Å². The van der Waals surface area contributed by atoms with Gasteiger partial charge in [-0.1, -0.05) is 12.1 Å². The van der Waals surface area contributed by atoms with E-state index in [0.29, 0.717) is 5.56 Å². The summed E-state index contributed by atoms with van der Waals surface area (Å²) in [5, 5.41) is 17.1. The average Bonchev–Trinajstić information content (AvgIpc) is 3.12. The van der Waals surface area contributed by atoms with Gasteiger partial charge in [0, 0.05) is 13.1 Å². The number of nitrogens with one attached hydrogen (secondary N) is 1. The fraction of sp³-hybridized carbons (Fsp3) is 0.263. The minimum Gasteiger partial charge on any atom is -0.353 e. The number of carbonyl (C=O) groups excluding carboxylic acids is 3. The molecule has 0 atom stereocenters. The normalized spacial score (nSPS) is 15.1. The van der Waals surface area contributed by atoms with Crippen LogP contribution >= 0.6 is 11.8 Å². The van der Waals surface area contributed by atoms with Crippen LogP contribution in [0.1, 0.15) is 17.0 Å². The van der Waals surface area contributed by atoms with Crippen molar-refractivity contribution in [3.8, 4) is 0 Å². The third-order valence-corrected chi connectivity index (χ3v) is 5.43. The number of amides is 3. The van der Waals surface area contributed by atoms with Gasteiger partial charge >= 0.3 is 5.69 Å². The highest BCUT2D eigenvalue weighted by Crippen LogP contribution is 2.31. The first-order chi connectivity index (χ1) is 14.7. The van der Waals surface area contributed by atoms with Crippen molar-refractivity contribution >= 4 is 40.6 Å². The molecule has 0 saturated carbocycles. The SMILES string of the molecule is Cc1nn(CC(=O)NCCN2C(=O)SC(=Cc3ccc(F)cc3)C2=O)c(C)c1[N+](=O)[O-]. The van der Waals surface area contributed by atoms with Gasteiger partial charge in [0.1, 0.15) is 23.7 Å². The molecule has 12 heteroatoms. The average molecular weight is 447 g/mol. The second-order valence-electron chi connectivity index (χ2n) is 6.67. The molecule has 1 aromatic heterocycles. The molecule has 1 fully saturated rings. The van der Waals surface area contributed by atoms with Crippen LogP contribution in [0.4, 0.5) is 14.9 Å². The highest BCUT2D eigenvalue weighted by molar-refractivity contribution is 8.18. The van der Waals surface area contributed by atoms with Crippen LogP contribution in [0.3, 0.4) is 0 Å². The van der Waals surface area contributed by atoms with E-state index in [9.17, 15) is 28.9 Å². The van der Waals surface area contributed by atoms with Crippen LogP contribution in [-0.4, -0.2) is 49.7 Å². The molecule has 31 heavy (non-hydrogen) atoms. The lowest BCUT2D eigenvalue weighted by Crippen LogP contribution is -2.38. The lowest BCUT2D eigenvalue weighted by molar-refractivity contribution is -0.386. The number of hydrogen-bond donors (Lipinski definition) is 1. The highest BCUT2D eigenvalue weighted by atomic mass is 32.2. The molecule has 3 amide bonds. The summed E-state index contributed by atoms with van der Waals surface area (Å²) in [6, 6.07) is 5.49. The molecule has 1 N–H and O–H groups in total. The maximum atomic E-state index is 13.0. The molecule has 1 aliphatic rings. The van der Waals surface area contributed by atoms with Crippen LogP contribution < -0.4 is 5.32 Å². The van der Waals surface area contributed by atoms with Crippen LogP contribution in [0.5, 0.6) is 0 Å². The molecule has 1 aliphatic heterocycles. The summed E-state index contributed by atoms with van der Waals surface area (Å²) in [5.74, 6) is -1.37. The van der Waals surface area contributed by atoms with E-state index in [-0.39, 0.29) is 41.6 Å². The monoisotopic (exact) mass is 447 g/mol. The number of rotatable bonds is 7. The van der Waals surface area contributed by atoms with E-state index < -0.39 is 27.8 Å². The van der Waals surface area contributed by atoms with Crippen molar-refractivity contribution in [3.05, 3.63) is 62.1 Å². The first-order valence-corrected chi connectivity index (χ1v) is 9.95. The van der Waals surface area contributed by atoms with E-state index in [2.05, 4.69) is 10.4 Å². The smallest absolute Gasteiger partial charge is 0.312 e. The lowest BCUT2D eigenvalue weighted by atomic mass is 10.2. The minimum absolute atomic E-state index is 0.0160. The number of aryl methyl sites for hydroxylation is 1. The quantitative estimate of drug-likeness (QED) is 0.392. The molecular weight excluding hydrogens is 429 g/mol. The summed E-state index contributed by atoms with van der Waals surface area (Å²) in [7, 11) is 0. The van der Waals surface area contributed by atoms with Crippen LogP contribution in [0.2, 0.25) is 0 Å². The maximum Gasteiger partial charge on any atom is 0.312 e. The lowest BCUT2D eigenvalue weighted by Gasteiger charge is -2.13. The van der Waals surface area contributed by atoms with Gasteiger partial charge in [-0.15, -0.1) is 0 Å². The maximum absolute atomic E-state index is 13.0. The van der Waals surface area contributed by atoms with Gasteiger partial charge in [0.2, 0.25) is 5.91 Å². The Labute approximate surface area is 180 Å². The van der Waals surface area contributed by atoms with Gasteiger partial charge in [0.25, 0.3) is 11.1 Å². The summed E-state index contributed by atoms with van der Waals surface area (Å²) < 4.78 is 14.2. The van der Waals surface area contributed by atoms with Crippen LogP contribution in [0, 0.1) is 29.8 Å². The zero-order valence-corrected chi connectivity index (χ0v) is 17.4. The Bertz CT molecular complexity index is 1100. The van der Waals surface area contributed by atoms with Crippen molar-refractivity contribution in [2.45, 2.75) is 20.4 Å². The molecular formula is C19H18FN5O5S. The van der Waals surface area contributed by atoms with E-state index >= 15 is 0 Å². The third kappa shape index (κ3) is 4.97. The predicted octanol–water partition coefficient (Wildman–Crippen LogP) is 2.40. The Morgan fingerprint density at radius 3 is 2.58 bits per heavy atom. The van der Waals surface area contributed by atoms with Gasteiger partial charge in [-0.2, -0.15) is 5.10 Å². The van der Waals surface area contributed by atoms with Gasteiger partial charge in [-0.3, -0.25) is 34.1 Å². The molecule has 1 aromatic carbocycles. The van der Waals surface area contributed by atoms with Crippen molar-refractivity contribution in [1.29, 1.82) is 0 Å². The zero-order chi connectivity index (χ0) is 22.7. The number of halogens is 1. The first-order valence-electron chi connectivity index (χ1n) is 9.13. The van der Waals surface area contributed by atoms with Crippen molar-refractivity contribution < 1.29 is 23.7 Å². The predicted molar refractivity (Wildman–Crippen MR) is 110 cm³/mol. The van der Waals surface area contributed by atoms with E-state index in [0.717, 1.165) is 16.7 Å². The third-order valence-electron chi connectivity index (χ3n) is 4.52. The Balaban J connectivity index is 1.55. The fourth-order valence-corrected chi connectivity index (χ4v) is 3.87. The number of nitrogens with zero attached hydrogens (tertiary/aromatic N) is 4. The molecule has 0 bridgehead atoms. The second kappa shape index (κ2) is 9.08. The molecule has 0 spiro atoms. The van der Waals surface area contributed by atoms with Crippen LogP contribution in [0.25, 0.3) is 6.08 Å². The van der Waals surface area contributed by atoms with Crippen molar-refractivity contribution in [1.82, 2.24) is 20.0 Å². The Morgan fingerprint density at radius 2 is 1.97 bits per heavy atom. The van der Waals surface area contributed by atoms with Gasteiger partial charge in [0.15, 0.2) is 0 Å². The number of aromatic nitrogens is 2. The summed E-state index contributed by atoms with van der Waals surface area (Å²) in [6.45, 7) is 2.74. The topological polar surface area (TPSA) is 127 Å². The summed E-state index contributed by atoms with van der Waals surface area (Å²) >= 11 is 0.765. The highest BCUT2D eigenvalue weighted by Gasteiger charge is 2.34. The molecule has 162 valence electrons. The van der Waals surface area contributed by atoms with E-state index in [1.54, 1.807) is 0 Å². The molecule has 10 nitrogen and oxygen atoms in total.